The predicted molar refractivity (Wildman–Crippen MR) is 171 cm³/mol. The van der Waals surface area contributed by atoms with Crippen molar-refractivity contribution in [2.45, 2.75) is 63.7 Å². The van der Waals surface area contributed by atoms with Crippen LogP contribution in [0.1, 0.15) is 53.9 Å². The molecular formula is C32H41N3O6S2. The molecule has 2 aromatic carbocycles. The van der Waals surface area contributed by atoms with Gasteiger partial charge in [0, 0.05) is 59.5 Å². The summed E-state index contributed by atoms with van der Waals surface area (Å²) in [5, 5.41) is 1.55. The molecule has 11 heteroatoms. The number of nitrogens with zero attached hydrogens (tertiary/aromatic N) is 2. The van der Waals surface area contributed by atoms with E-state index in [4.69, 9.17) is 4.42 Å². The van der Waals surface area contributed by atoms with E-state index in [9.17, 15) is 21.4 Å². The van der Waals surface area contributed by atoms with Crippen molar-refractivity contribution in [1.82, 2.24) is 9.30 Å². The van der Waals surface area contributed by atoms with Gasteiger partial charge in [0.2, 0.25) is 15.4 Å². The van der Waals surface area contributed by atoms with Crippen molar-refractivity contribution >= 4 is 36.8 Å². The Morgan fingerprint density at radius 1 is 0.837 bits per heavy atom. The van der Waals surface area contributed by atoms with Gasteiger partial charge in [0.25, 0.3) is 0 Å². The van der Waals surface area contributed by atoms with E-state index in [1.54, 1.807) is 0 Å². The average Bonchev–Trinajstić information content (AvgIpc) is 2.98. The van der Waals surface area contributed by atoms with Gasteiger partial charge in [0.1, 0.15) is 34.6 Å². The third kappa shape index (κ3) is 6.95. The van der Waals surface area contributed by atoms with Crippen LogP contribution in [0.2, 0.25) is 0 Å². The van der Waals surface area contributed by atoms with Gasteiger partial charge in [-0.25, -0.2) is 26.1 Å². The Kier molecular flexibility index (Phi) is 10.3. The number of sulfonamides is 1. The molecule has 0 aromatic heterocycles. The van der Waals surface area contributed by atoms with Gasteiger partial charge in [0.15, 0.2) is 0 Å². The fourth-order valence-electron chi connectivity index (χ4n) is 5.48. The molecule has 0 spiro atoms. The Morgan fingerprint density at radius 2 is 1.53 bits per heavy atom. The normalized spacial score (nSPS) is 12.2. The summed E-state index contributed by atoms with van der Waals surface area (Å²) in [7, 11) is -9.11. The van der Waals surface area contributed by atoms with Gasteiger partial charge in [-0.05, 0) is 64.4 Å². The molecule has 0 radical (unpaired) electrons. The standard InChI is InChI=1S/C32H41N3O6S2/c1-6-11-12-19-33-42(36,37)25-15-18-28(31(22-25)43(38,39)40)32-26-16-13-23(34(7-2)8-3)20-29(26)41-30-21-24(14-17-27(30)32)35(9-4)10-5/h13-18,20-22,33H,6-12,19H2,1-5H3. The number of hydrogen-bond acceptors (Lipinski definition) is 7. The molecule has 0 saturated carbocycles. The topological polar surface area (TPSA) is 123 Å². The monoisotopic (exact) mass is 627 g/mol. The number of anilines is 1. The van der Waals surface area contributed by atoms with E-state index in [1.165, 1.54) is 12.1 Å². The van der Waals surface area contributed by atoms with Gasteiger partial charge < -0.3 is 13.9 Å². The highest BCUT2D eigenvalue weighted by molar-refractivity contribution is 7.89. The van der Waals surface area contributed by atoms with E-state index in [1.807, 2.05) is 43.3 Å². The van der Waals surface area contributed by atoms with Crippen molar-refractivity contribution in [2.24, 2.45) is 0 Å². The van der Waals surface area contributed by atoms with Crippen molar-refractivity contribution in [3.05, 3.63) is 60.0 Å². The summed E-state index contributed by atoms with van der Waals surface area (Å²) >= 11 is 0. The van der Waals surface area contributed by atoms with Gasteiger partial charge in [-0.15, -0.1) is 0 Å². The zero-order valence-electron chi connectivity index (χ0n) is 25.5. The van der Waals surface area contributed by atoms with Crippen LogP contribution in [-0.4, -0.2) is 54.1 Å². The van der Waals surface area contributed by atoms with Crippen molar-refractivity contribution in [3.63, 3.8) is 0 Å². The molecule has 0 saturated heterocycles. The maximum absolute atomic E-state index is 13.0. The Bertz CT molecular complexity index is 1850. The summed E-state index contributed by atoms with van der Waals surface area (Å²) in [6.45, 7) is 13.6. The van der Waals surface area contributed by atoms with Crippen molar-refractivity contribution in [2.75, 3.05) is 37.6 Å². The molecule has 43 heavy (non-hydrogen) atoms. The number of hydrogen-bond donors (Lipinski definition) is 1. The maximum Gasteiger partial charge on any atom is 0.240 e. The minimum absolute atomic E-state index is 0.122. The maximum atomic E-state index is 13.0. The van der Waals surface area contributed by atoms with Crippen LogP contribution in [-0.2, 0) is 20.1 Å². The fourth-order valence-corrected chi connectivity index (χ4v) is 7.36. The molecule has 4 rings (SSSR count). The van der Waals surface area contributed by atoms with Crippen LogP contribution in [0.3, 0.4) is 0 Å². The quantitative estimate of drug-likeness (QED) is 0.0932. The predicted octanol–water partition coefficient (Wildman–Crippen LogP) is 5.24. The molecule has 0 fully saturated rings. The van der Waals surface area contributed by atoms with E-state index in [2.05, 4.69) is 41.9 Å². The van der Waals surface area contributed by atoms with E-state index >= 15 is 0 Å². The number of nitrogens with one attached hydrogen (secondary N) is 1. The molecule has 2 aromatic rings. The molecule has 1 N–H and O–H groups in total. The third-order valence-electron chi connectivity index (χ3n) is 7.82. The van der Waals surface area contributed by atoms with Gasteiger partial charge in [0.05, 0.1) is 15.9 Å². The van der Waals surface area contributed by atoms with Crippen LogP contribution >= 0.6 is 0 Å². The van der Waals surface area contributed by atoms with Crippen LogP contribution in [0.5, 0.6) is 0 Å². The van der Waals surface area contributed by atoms with E-state index in [0.29, 0.717) is 34.3 Å². The van der Waals surface area contributed by atoms with Crippen molar-refractivity contribution in [1.29, 1.82) is 0 Å². The molecule has 1 aliphatic carbocycles. The van der Waals surface area contributed by atoms with Crippen LogP contribution in [0.4, 0.5) is 5.69 Å². The highest BCUT2D eigenvalue weighted by atomic mass is 32.2. The second kappa shape index (κ2) is 13.6. The largest absolute Gasteiger partial charge is 0.744 e. The summed E-state index contributed by atoms with van der Waals surface area (Å²) in [4.78, 5) is 1.30. The molecule has 2 aliphatic rings. The number of unbranched alkanes of at least 4 members (excludes halogenated alkanes) is 2. The molecule has 232 valence electrons. The average molecular weight is 628 g/mol. The Morgan fingerprint density at radius 3 is 2.16 bits per heavy atom. The highest BCUT2D eigenvalue weighted by Crippen LogP contribution is 2.43. The number of fused-ring (bicyclic) bond motifs is 2. The van der Waals surface area contributed by atoms with Crippen molar-refractivity contribution < 1.29 is 25.8 Å². The first-order chi connectivity index (χ1) is 20.5. The molecule has 0 unspecified atom stereocenters. The van der Waals surface area contributed by atoms with Crippen LogP contribution < -0.4 is 19.6 Å². The second-order valence-corrected chi connectivity index (χ2v) is 13.5. The van der Waals surface area contributed by atoms with Crippen molar-refractivity contribution in [3.8, 4) is 22.5 Å². The molecule has 9 nitrogen and oxygen atoms in total. The summed E-state index contributed by atoms with van der Waals surface area (Å²) in [5.74, 6) is 0.520. The zero-order valence-corrected chi connectivity index (χ0v) is 27.1. The minimum atomic E-state index is -5.08. The van der Waals surface area contributed by atoms with Gasteiger partial charge >= 0.3 is 0 Å². The first-order valence-corrected chi connectivity index (χ1v) is 17.8. The molecule has 1 heterocycles. The summed E-state index contributed by atoms with van der Waals surface area (Å²) in [5.41, 5.74) is 2.68. The molecule has 0 atom stereocenters. The number of rotatable bonds is 13. The van der Waals surface area contributed by atoms with Gasteiger partial charge in [-0.2, -0.15) is 0 Å². The van der Waals surface area contributed by atoms with Crippen LogP contribution in [0, 0.1) is 0 Å². The van der Waals surface area contributed by atoms with Crippen LogP contribution in [0.25, 0.3) is 33.4 Å². The fraction of sp³-hybridized carbons (Fsp3) is 0.406. The van der Waals surface area contributed by atoms with E-state index < -0.39 is 25.0 Å². The van der Waals surface area contributed by atoms with Crippen LogP contribution in [0.15, 0.2) is 68.8 Å². The third-order valence-corrected chi connectivity index (χ3v) is 10.2. The number of benzene rings is 3. The smallest absolute Gasteiger partial charge is 0.240 e. The van der Waals surface area contributed by atoms with E-state index in [-0.39, 0.29) is 17.0 Å². The summed E-state index contributed by atoms with van der Waals surface area (Å²) in [6.07, 6.45) is 2.43. The summed E-state index contributed by atoms with van der Waals surface area (Å²) < 4.78 is 75.3. The lowest BCUT2D eigenvalue weighted by atomic mass is 9.93. The lowest BCUT2D eigenvalue weighted by molar-refractivity contribution is 0.463. The van der Waals surface area contributed by atoms with E-state index in [0.717, 1.165) is 56.1 Å². The first kappa shape index (κ1) is 32.7. The lowest BCUT2D eigenvalue weighted by Gasteiger charge is -2.23. The van der Waals surface area contributed by atoms with Gasteiger partial charge in [-0.3, -0.25) is 0 Å². The Labute approximate surface area is 255 Å². The first-order valence-electron chi connectivity index (χ1n) is 14.9. The molecule has 0 bridgehead atoms. The molecule has 0 amide bonds. The van der Waals surface area contributed by atoms with Gasteiger partial charge in [-0.1, -0.05) is 25.8 Å². The second-order valence-electron chi connectivity index (χ2n) is 10.4. The Balaban J connectivity index is 2.05. The summed E-state index contributed by atoms with van der Waals surface area (Å²) in [6, 6.07) is 15.2. The Hall–Kier alpha value is -3.25. The molecular weight excluding hydrogens is 587 g/mol. The SMILES string of the molecule is CCCCCNS(=O)(=O)c1ccc(-c2c3ccc(=[N+](CC)CC)cc-3oc3cc(N(CC)CC)ccc23)c(S(=O)(=O)[O-])c1. The molecule has 1 aliphatic heterocycles. The zero-order chi connectivity index (χ0) is 31.4. The minimum Gasteiger partial charge on any atom is -0.744 e. The highest BCUT2D eigenvalue weighted by Gasteiger charge is 2.25. The lowest BCUT2D eigenvalue weighted by Crippen LogP contribution is -2.29.